The Morgan fingerprint density at radius 3 is 2.60 bits per heavy atom. The first kappa shape index (κ1) is 18.2. The van der Waals surface area contributed by atoms with Crippen molar-refractivity contribution >= 4 is 23.4 Å². The third-order valence-corrected chi connectivity index (χ3v) is 3.34. The first-order chi connectivity index (χ1) is 12.0. The molecule has 0 saturated carbocycles. The van der Waals surface area contributed by atoms with Crippen molar-refractivity contribution in [3.8, 4) is 5.75 Å². The average Bonchev–Trinajstić information content (AvgIpc) is 2.60. The summed E-state index contributed by atoms with van der Waals surface area (Å²) in [5.74, 6) is 0.291. The summed E-state index contributed by atoms with van der Waals surface area (Å²) in [5, 5.41) is 13.5. The highest BCUT2D eigenvalue weighted by molar-refractivity contribution is 6.02. The van der Waals surface area contributed by atoms with Crippen LogP contribution in [0.15, 0.2) is 48.5 Å². The van der Waals surface area contributed by atoms with Gasteiger partial charge in [0.05, 0.1) is 10.6 Å². The molecule has 2 aromatic rings. The number of nitro groups is 1. The van der Waals surface area contributed by atoms with Crippen LogP contribution >= 0.6 is 0 Å². The zero-order chi connectivity index (χ0) is 18.2. The Bertz CT molecular complexity index is 785. The van der Waals surface area contributed by atoms with Gasteiger partial charge in [-0.05, 0) is 36.3 Å². The van der Waals surface area contributed by atoms with Gasteiger partial charge in [0, 0.05) is 25.3 Å². The SMILES string of the molecule is COCOc1ccc(/C=C/C(=O)Nc2cc([N+](=O)[O-])ccc2C)cc1. The summed E-state index contributed by atoms with van der Waals surface area (Å²) >= 11 is 0. The van der Waals surface area contributed by atoms with Gasteiger partial charge in [-0.15, -0.1) is 0 Å². The van der Waals surface area contributed by atoms with E-state index >= 15 is 0 Å². The number of non-ortho nitro benzene ring substituents is 1. The van der Waals surface area contributed by atoms with E-state index in [2.05, 4.69) is 5.32 Å². The standard InChI is InChI=1S/C18H18N2O5/c1-13-3-7-15(20(22)23)11-17(13)19-18(21)10-6-14-4-8-16(9-5-14)25-12-24-2/h3-11H,12H2,1-2H3,(H,19,21)/b10-6+. The van der Waals surface area contributed by atoms with Crippen molar-refractivity contribution in [3.63, 3.8) is 0 Å². The summed E-state index contributed by atoms with van der Waals surface area (Å²) in [6.45, 7) is 1.93. The molecule has 25 heavy (non-hydrogen) atoms. The lowest BCUT2D eigenvalue weighted by molar-refractivity contribution is -0.384. The fraction of sp³-hybridized carbons (Fsp3) is 0.167. The van der Waals surface area contributed by atoms with Gasteiger partial charge in [0.1, 0.15) is 5.75 Å². The van der Waals surface area contributed by atoms with E-state index in [0.29, 0.717) is 11.4 Å². The zero-order valence-electron chi connectivity index (χ0n) is 13.9. The van der Waals surface area contributed by atoms with Crippen LogP contribution < -0.4 is 10.1 Å². The molecule has 7 heteroatoms. The van der Waals surface area contributed by atoms with Crippen LogP contribution in [-0.2, 0) is 9.53 Å². The molecule has 0 heterocycles. The summed E-state index contributed by atoms with van der Waals surface area (Å²) in [5.41, 5.74) is 1.89. The lowest BCUT2D eigenvalue weighted by Gasteiger charge is -2.06. The predicted molar refractivity (Wildman–Crippen MR) is 94.4 cm³/mol. The Balaban J connectivity index is 2.01. The molecule has 0 aliphatic heterocycles. The van der Waals surface area contributed by atoms with Gasteiger partial charge in [-0.3, -0.25) is 14.9 Å². The van der Waals surface area contributed by atoms with Crippen molar-refractivity contribution in [1.82, 2.24) is 0 Å². The largest absolute Gasteiger partial charge is 0.468 e. The molecule has 0 saturated heterocycles. The second-order valence-electron chi connectivity index (χ2n) is 5.20. The average molecular weight is 342 g/mol. The number of hydrogen-bond acceptors (Lipinski definition) is 5. The third kappa shape index (κ3) is 5.43. The number of carbonyl (C=O) groups is 1. The topological polar surface area (TPSA) is 90.7 Å². The van der Waals surface area contributed by atoms with Crippen LogP contribution in [-0.4, -0.2) is 24.7 Å². The molecule has 0 aliphatic rings. The first-order valence-electron chi connectivity index (χ1n) is 7.45. The summed E-state index contributed by atoms with van der Waals surface area (Å²) in [4.78, 5) is 22.3. The van der Waals surface area contributed by atoms with Gasteiger partial charge in [-0.1, -0.05) is 18.2 Å². The van der Waals surface area contributed by atoms with Gasteiger partial charge in [-0.25, -0.2) is 0 Å². The van der Waals surface area contributed by atoms with Crippen molar-refractivity contribution in [3.05, 3.63) is 69.8 Å². The summed E-state index contributed by atoms with van der Waals surface area (Å²) in [6, 6.07) is 11.5. The van der Waals surface area contributed by atoms with Gasteiger partial charge in [-0.2, -0.15) is 0 Å². The smallest absolute Gasteiger partial charge is 0.271 e. The van der Waals surface area contributed by atoms with Crippen molar-refractivity contribution in [2.75, 3.05) is 19.2 Å². The quantitative estimate of drug-likeness (QED) is 0.360. The molecule has 130 valence electrons. The van der Waals surface area contributed by atoms with E-state index in [1.54, 1.807) is 50.4 Å². The first-order valence-corrected chi connectivity index (χ1v) is 7.45. The fourth-order valence-electron chi connectivity index (χ4n) is 2.01. The summed E-state index contributed by atoms with van der Waals surface area (Å²) in [6.07, 6.45) is 3.01. The van der Waals surface area contributed by atoms with Gasteiger partial charge in [0.2, 0.25) is 5.91 Å². The molecule has 0 aliphatic carbocycles. The molecule has 1 N–H and O–H groups in total. The number of nitrogens with one attached hydrogen (secondary N) is 1. The lowest BCUT2D eigenvalue weighted by atomic mass is 10.1. The van der Waals surface area contributed by atoms with Crippen LogP contribution in [0.3, 0.4) is 0 Å². The van der Waals surface area contributed by atoms with Crippen molar-refractivity contribution in [2.45, 2.75) is 6.92 Å². The predicted octanol–water partition coefficient (Wildman–Crippen LogP) is 3.54. The van der Waals surface area contributed by atoms with Gasteiger partial charge >= 0.3 is 0 Å². The summed E-state index contributed by atoms with van der Waals surface area (Å²) in [7, 11) is 1.54. The van der Waals surface area contributed by atoms with Crippen LogP contribution in [0.25, 0.3) is 6.08 Å². The highest BCUT2D eigenvalue weighted by atomic mass is 16.7. The number of carbonyl (C=O) groups excluding carboxylic acids is 1. The van der Waals surface area contributed by atoms with Crippen molar-refractivity contribution in [1.29, 1.82) is 0 Å². The van der Waals surface area contributed by atoms with Crippen LogP contribution in [0.2, 0.25) is 0 Å². The van der Waals surface area contributed by atoms with E-state index in [1.165, 1.54) is 18.2 Å². The van der Waals surface area contributed by atoms with Crippen LogP contribution in [0.4, 0.5) is 11.4 Å². The molecule has 0 atom stereocenters. The number of ether oxygens (including phenoxy) is 2. The van der Waals surface area contributed by atoms with Crippen LogP contribution in [0.5, 0.6) is 5.75 Å². The highest BCUT2D eigenvalue weighted by Gasteiger charge is 2.09. The van der Waals surface area contributed by atoms with Gasteiger partial charge in [0.15, 0.2) is 6.79 Å². The van der Waals surface area contributed by atoms with E-state index in [1.807, 2.05) is 0 Å². The Kier molecular flexibility index (Phi) is 6.25. The molecule has 0 unspecified atom stereocenters. The zero-order valence-corrected chi connectivity index (χ0v) is 13.9. The molecule has 2 aromatic carbocycles. The third-order valence-electron chi connectivity index (χ3n) is 3.34. The number of benzene rings is 2. The molecule has 0 aromatic heterocycles. The summed E-state index contributed by atoms with van der Waals surface area (Å²) < 4.78 is 10.1. The minimum absolute atomic E-state index is 0.0727. The normalized spacial score (nSPS) is 10.6. The maximum absolute atomic E-state index is 12.0. The van der Waals surface area contributed by atoms with E-state index in [0.717, 1.165) is 11.1 Å². The van der Waals surface area contributed by atoms with Crippen molar-refractivity contribution < 1.29 is 19.2 Å². The minimum atomic E-state index is -0.502. The number of amides is 1. The van der Waals surface area contributed by atoms with Crippen LogP contribution in [0, 0.1) is 17.0 Å². The van der Waals surface area contributed by atoms with E-state index in [4.69, 9.17) is 9.47 Å². The molecule has 2 rings (SSSR count). The highest BCUT2D eigenvalue weighted by Crippen LogP contribution is 2.22. The molecule has 0 fully saturated rings. The maximum Gasteiger partial charge on any atom is 0.271 e. The lowest BCUT2D eigenvalue weighted by Crippen LogP contribution is -2.09. The van der Waals surface area contributed by atoms with Gasteiger partial charge in [0.25, 0.3) is 5.69 Å². The van der Waals surface area contributed by atoms with Crippen LogP contribution in [0.1, 0.15) is 11.1 Å². The maximum atomic E-state index is 12.0. The molecule has 1 amide bonds. The number of methoxy groups -OCH3 is 1. The van der Waals surface area contributed by atoms with E-state index in [-0.39, 0.29) is 18.4 Å². The Hall–Kier alpha value is -3.19. The molecular weight excluding hydrogens is 324 g/mol. The fourth-order valence-corrected chi connectivity index (χ4v) is 2.01. The number of hydrogen-bond donors (Lipinski definition) is 1. The van der Waals surface area contributed by atoms with E-state index in [9.17, 15) is 14.9 Å². The molecule has 7 nitrogen and oxygen atoms in total. The second-order valence-corrected chi connectivity index (χ2v) is 5.20. The van der Waals surface area contributed by atoms with E-state index < -0.39 is 4.92 Å². The monoisotopic (exact) mass is 342 g/mol. The second kappa shape index (κ2) is 8.60. The Morgan fingerprint density at radius 1 is 1.24 bits per heavy atom. The Morgan fingerprint density at radius 2 is 1.96 bits per heavy atom. The molecule has 0 bridgehead atoms. The van der Waals surface area contributed by atoms with Crippen molar-refractivity contribution in [2.24, 2.45) is 0 Å². The number of aryl methyl sites for hydroxylation is 1. The number of nitrogens with zero attached hydrogens (tertiary/aromatic N) is 1. The van der Waals surface area contributed by atoms with Gasteiger partial charge < -0.3 is 14.8 Å². The number of anilines is 1. The minimum Gasteiger partial charge on any atom is -0.468 e. The molecule has 0 spiro atoms. The number of rotatable bonds is 7. The molecular formula is C18H18N2O5. The molecule has 0 radical (unpaired) electrons. The Labute approximate surface area is 145 Å². The number of nitro benzene ring substituents is 1.